The zero-order valence-electron chi connectivity index (χ0n) is 15.6. The topological polar surface area (TPSA) is 21.7 Å². The van der Waals surface area contributed by atoms with Gasteiger partial charge in [-0.1, -0.05) is 6.92 Å². The van der Waals surface area contributed by atoms with Crippen molar-refractivity contribution in [3.8, 4) is 0 Å². The summed E-state index contributed by atoms with van der Waals surface area (Å²) in [5.41, 5.74) is 0.804. The minimum Gasteiger partial charge on any atom is -0.376 e. The van der Waals surface area contributed by atoms with E-state index in [9.17, 15) is 0 Å². The smallest absolute Gasteiger partial charge is 0.0708 e. The fourth-order valence-corrected chi connectivity index (χ4v) is 4.92. The second kappa shape index (κ2) is 7.41. The molecule has 2 bridgehead atoms. The Hall–Kier alpha value is -0.120. The van der Waals surface area contributed by atoms with E-state index in [1.165, 1.54) is 71.0 Å². The van der Waals surface area contributed by atoms with Crippen molar-refractivity contribution in [3.63, 3.8) is 0 Å². The maximum Gasteiger partial charge on any atom is 0.0708 e. The van der Waals surface area contributed by atoms with Crippen molar-refractivity contribution in [2.75, 3.05) is 32.8 Å². The van der Waals surface area contributed by atoms with Crippen LogP contribution < -0.4 is 0 Å². The van der Waals surface area contributed by atoms with Crippen molar-refractivity contribution < 1.29 is 9.47 Å². The molecule has 0 radical (unpaired) electrons. The molecule has 0 N–H and O–H groups in total. The van der Waals surface area contributed by atoms with E-state index in [2.05, 4.69) is 25.7 Å². The zero-order chi connectivity index (χ0) is 16.3. The van der Waals surface area contributed by atoms with Crippen LogP contribution in [0.3, 0.4) is 0 Å². The second-order valence-electron chi connectivity index (χ2n) is 8.91. The SMILES string of the molecule is CC1CCN(CC23CCC(OCCOC(C)C)(CC2)CC3)CC1. The van der Waals surface area contributed by atoms with E-state index in [4.69, 9.17) is 9.47 Å². The summed E-state index contributed by atoms with van der Waals surface area (Å²) in [6.07, 6.45) is 11.1. The first-order chi connectivity index (χ1) is 11.0. The second-order valence-corrected chi connectivity index (χ2v) is 8.91. The highest BCUT2D eigenvalue weighted by Crippen LogP contribution is 2.54. The Kier molecular flexibility index (Phi) is 5.70. The molecule has 134 valence electrons. The van der Waals surface area contributed by atoms with Gasteiger partial charge in [0.25, 0.3) is 0 Å². The Balaban J connectivity index is 1.43. The summed E-state index contributed by atoms with van der Waals surface area (Å²) in [5, 5.41) is 0. The lowest BCUT2D eigenvalue weighted by molar-refractivity contribution is -0.151. The van der Waals surface area contributed by atoms with Crippen LogP contribution in [0, 0.1) is 11.3 Å². The number of hydrogen-bond donors (Lipinski definition) is 0. The van der Waals surface area contributed by atoms with Crippen LogP contribution in [-0.4, -0.2) is 49.5 Å². The zero-order valence-corrected chi connectivity index (χ0v) is 15.6. The molecule has 4 rings (SSSR count). The van der Waals surface area contributed by atoms with Crippen LogP contribution in [0.15, 0.2) is 0 Å². The van der Waals surface area contributed by atoms with E-state index >= 15 is 0 Å². The van der Waals surface area contributed by atoms with Crippen molar-refractivity contribution in [3.05, 3.63) is 0 Å². The Morgan fingerprint density at radius 1 is 0.957 bits per heavy atom. The van der Waals surface area contributed by atoms with Crippen LogP contribution >= 0.6 is 0 Å². The number of nitrogens with zero attached hydrogens (tertiary/aromatic N) is 1. The average molecular weight is 324 g/mol. The lowest BCUT2D eigenvalue weighted by Gasteiger charge is -2.54. The van der Waals surface area contributed by atoms with E-state index in [1.54, 1.807) is 0 Å². The number of likely N-dealkylation sites (tertiary alicyclic amines) is 1. The van der Waals surface area contributed by atoms with Crippen molar-refractivity contribution in [2.24, 2.45) is 11.3 Å². The van der Waals surface area contributed by atoms with Crippen molar-refractivity contribution in [2.45, 2.75) is 83.8 Å². The molecule has 0 aromatic rings. The number of fused-ring (bicyclic) bond motifs is 3. The molecular formula is C20H37NO2. The lowest BCUT2D eigenvalue weighted by atomic mass is 9.58. The summed E-state index contributed by atoms with van der Waals surface area (Å²) in [7, 11) is 0. The van der Waals surface area contributed by atoms with Gasteiger partial charge < -0.3 is 14.4 Å². The van der Waals surface area contributed by atoms with E-state index in [0.29, 0.717) is 11.5 Å². The minimum atomic E-state index is 0.193. The van der Waals surface area contributed by atoms with Crippen LogP contribution in [-0.2, 0) is 9.47 Å². The summed E-state index contributed by atoms with van der Waals surface area (Å²) >= 11 is 0. The van der Waals surface area contributed by atoms with Crippen LogP contribution in [0.5, 0.6) is 0 Å². The maximum atomic E-state index is 6.32. The van der Waals surface area contributed by atoms with Gasteiger partial charge in [0, 0.05) is 6.54 Å². The minimum absolute atomic E-state index is 0.193. The highest BCUT2D eigenvalue weighted by Gasteiger charge is 2.49. The van der Waals surface area contributed by atoms with Gasteiger partial charge >= 0.3 is 0 Å². The molecule has 1 heterocycles. The Morgan fingerprint density at radius 2 is 1.57 bits per heavy atom. The molecule has 23 heavy (non-hydrogen) atoms. The fourth-order valence-electron chi connectivity index (χ4n) is 4.92. The first-order valence-corrected chi connectivity index (χ1v) is 9.99. The first-order valence-electron chi connectivity index (χ1n) is 9.99. The van der Waals surface area contributed by atoms with E-state index in [0.717, 1.165) is 19.1 Å². The maximum absolute atomic E-state index is 6.32. The number of ether oxygens (including phenoxy) is 2. The average Bonchev–Trinajstić information content (AvgIpc) is 2.56. The standard InChI is InChI=1S/C20H37NO2/c1-17(2)22-14-15-23-20-9-6-19(7-10-20,8-11-20)16-21-12-4-18(3)5-13-21/h17-18H,4-16H2,1-3H3. The molecule has 4 aliphatic rings. The third kappa shape index (κ3) is 4.49. The van der Waals surface area contributed by atoms with Gasteiger partial charge in [0.05, 0.1) is 24.9 Å². The third-order valence-corrected chi connectivity index (χ3v) is 6.71. The molecule has 3 heteroatoms. The van der Waals surface area contributed by atoms with Gasteiger partial charge in [-0.2, -0.15) is 0 Å². The molecule has 0 aromatic heterocycles. The molecule has 0 aromatic carbocycles. The first kappa shape index (κ1) is 17.7. The molecular weight excluding hydrogens is 286 g/mol. The van der Waals surface area contributed by atoms with Gasteiger partial charge in [-0.15, -0.1) is 0 Å². The summed E-state index contributed by atoms with van der Waals surface area (Å²) in [4.78, 5) is 2.76. The highest BCUT2D eigenvalue weighted by molar-refractivity contribution is 5.02. The monoisotopic (exact) mass is 323 g/mol. The van der Waals surface area contributed by atoms with Gasteiger partial charge in [-0.25, -0.2) is 0 Å². The fraction of sp³-hybridized carbons (Fsp3) is 1.00. The molecule has 4 fully saturated rings. The van der Waals surface area contributed by atoms with Crippen molar-refractivity contribution in [1.82, 2.24) is 4.90 Å². The summed E-state index contributed by atoms with van der Waals surface area (Å²) in [6, 6.07) is 0. The molecule has 3 nitrogen and oxygen atoms in total. The van der Waals surface area contributed by atoms with Gasteiger partial charge in [0.15, 0.2) is 0 Å². The largest absolute Gasteiger partial charge is 0.376 e. The molecule has 0 unspecified atom stereocenters. The quantitative estimate of drug-likeness (QED) is 0.654. The molecule has 1 saturated heterocycles. The van der Waals surface area contributed by atoms with E-state index < -0.39 is 0 Å². The normalized spacial score (nSPS) is 36.0. The van der Waals surface area contributed by atoms with Gasteiger partial charge in [-0.3, -0.25) is 0 Å². The predicted octanol–water partition coefficient (Wildman–Crippen LogP) is 4.25. The van der Waals surface area contributed by atoms with Crippen molar-refractivity contribution >= 4 is 0 Å². The van der Waals surface area contributed by atoms with Crippen molar-refractivity contribution in [1.29, 1.82) is 0 Å². The van der Waals surface area contributed by atoms with Crippen LogP contribution in [0.25, 0.3) is 0 Å². The predicted molar refractivity (Wildman–Crippen MR) is 94.7 cm³/mol. The molecule has 0 atom stereocenters. The third-order valence-electron chi connectivity index (χ3n) is 6.71. The Bertz CT molecular complexity index is 349. The van der Waals surface area contributed by atoms with Crippen LogP contribution in [0.1, 0.15) is 72.1 Å². The molecule has 0 amide bonds. The lowest BCUT2D eigenvalue weighted by Crippen LogP contribution is -2.52. The molecule has 1 aliphatic heterocycles. The molecule has 0 spiro atoms. The highest BCUT2D eigenvalue weighted by atomic mass is 16.5. The number of piperidine rings is 1. The van der Waals surface area contributed by atoms with Crippen LogP contribution in [0.4, 0.5) is 0 Å². The van der Waals surface area contributed by atoms with Gasteiger partial charge in [-0.05, 0) is 89.6 Å². The number of rotatable bonds is 7. The van der Waals surface area contributed by atoms with Gasteiger partial charge in [0.1, 0.15) is 0 Å². The summed E-state index contributed by atoms with van der Waals surface area (Å²) in [6.45, 7) is 12.1. The summed E-state index contributed by atoms with van der Waals surface area (Å²) < 4.78 is 12.0. The molecule has 3 saturated carbocycles. The van der Waals surface area contributed by atoms with Gasteiger partial charge in [0.2, 0.25) is 0 Å². The Morgan fingerprint density at radius 3 is 2.13 bits per heavy atom. The molecule has 3 aliphatic carbocycles. The summed E-state index contributed by atoms with van der Waals surface area (Å²) in [5.74, 6) is 0.940. The van der Waals surface area contributed by atoms with Crippen LogP contribution in [0.2, 0.25) is 0 Å². The Labute approximate surface area is 143 Å². The van der Waals surface area contributed by atoms with E-state index in [1.807, 2.05) is 0 Å². The number of hydrogen-bond acceptors (Lipinski definition) is 3. The van der Waals surface area contributed by atoms with E-state index in [-0.39, 0.29) is 5.60 Å².